The molecule has 7 heteroatoms. The zero-order chi connectivity index (χ0) is 18.1. The lowest BCUT2D eigenvalue weighted by Crippen LogP contribution is -2.34. The molecule has 0 saturated carbocycles. The van der Waals surface area contributed by atoms with Crippen molar-refractivity contribution in [2.24, 2.45) is 5.92 Å². The molecule has 1 saturated heterocycles. The summed E-state index contributed by atoms with van der Waals surface area (Å²) in [6, 6.07) is 8.49. The first-order chi connectivity index (χ1) is 12.6. The van der Waals surface area contributed by atoms with Crippen LogP contribution in [0, 0.1) is 17.6 Å². The van der Waals surface area contributed by atoms with Crippen LogP contribution >= 0.6 is 0 Å². The van der Waals surface area contributed by atoms with Crippen LogP contribution in [0.15, 0.2) is 36.4 Å². The molecule has 2 heterocycles. The normalized spacial score (nSPS) is 15.3. The zero-order valence-electron chi connectivity index (χ0n) is 14.0. The first-order valence-corrected chi connectivity index (χ1v) is 8.57. The molecule has 2 aromatic carbocycles. The van der Waals surface area contributed by atoms with E-state index in [2.05, 4.69) is 20.6 Å². The standard InChI is InChI=1S/C19H18F2N4O/c20-12-1-3-15(21)14(9-12)18-24-16-4-2-13(10-17(16)25-18)23-19(26)11-5-7-22-8-6-11/h1-4,9-11,22H,5-8H2,(H,23,26)(H,24,25). The molecule has 4 rings (SSSR count). The molecule has 26 heavy (non-hydrogen) atoms. The number of benzene rings is 2. The van der Waals surface area contributed by atoms with Crippen LogP contribution in [0.25, 0.3) is 22.4 Å². The van der Waals surface area contributed by atoms with Crippen LogP contribution in [0.2, 0.25) is 0 Å². The molecule has 0 aliphatic carbocycles. The van der Waals surface area contributed by atoms with Gasteiger partial charge in [-0.15, -0.1) is 0 Å². The van der Waals surface area contributed by atoms with Gasteiger partial charge in [0.2, 0.25) is 5.91 Å². The minimum absolute atomic E-state index is 0.00163. The third-order valence-electron chi connectivity index (χ3n) is 4.64. The molecular weight excluding hydrogens is 338 g/mol. The number of hydrogen-bond acceptors (Lipinski definition) is 3. The van der Waals surface area contributed by atoms with Gasteiger partial charge in [-0.05, 0) is 62.3 Å². The van der Waals surface area contributed by atoms with Crippen LogP contribution in [-0.2, 0) is 4.79 Å². The largest absolute Gasteiger partial charge is 0.338 e. The van der Waals surface area contributed by atoms with Gasteiger partial charge in [0.05, 0.1) is 16.6 Å². The van der Waals surface area contributed by atoms with Crippen molar-refractivity contribution in [2.75, 3.05) is 18.4 Å². The molecule has 5 nitrogen and oxygen atoms in total. The van der Waals surface area contributed by atoms with E-state index in [9.17, 15) is 13.6 Å². The van der Waals surface area contributed by atoms with Gasteiger partial charge in [0.25, 0.3) is 0 Å². The van der Waals surface area contributed by atoms with Gasteiger partial charge in [-0.25, -0.2) is 13.8 Å². The van der Waals surface area contributed by atoms with Gasteiger partial charge in [0.15, 0.2) is 0 Å². The van der Waals surface area contributed by atoms with Crippen LogP contribution in [0.4, 0.5) is 14.5 Å². The second-order valence-electron chi connectivity index (χ2n) is 6.46. The van der Waals surface area contributed by atoms with Crippen molar-refractivity contribution in [3.05, 3.63) is 48.0 Å². The highest BCUT2D eigenvalue weighted by Crippen LogP contribution is 2.26. The van der Waals surface area contributed by atoms with Gasteiger partial charge < -0.3 is 15.6 Å². The van der Waals surface area contributed by atoms with Gasteiger partial charge in [0, 0.05) is 11.6 Å². The molecule has 3 N–H and O–H groups in total. The number of rotatable bonds is 3. The Hall–Kier alpha value is -2.80. The molecule has 1 amide bonds. The van der Waals surface area contributed by atoms with Crippen molar-refractivity contribution >= 4 is 22.6 Å². The summed E-state index contributed by atoms with van der Waals surface area (Å²) in [6.45, 7) is 1.69. The number of nitrogens with zero attached hydrogens (tertiary/aromatic N) is 1. The number of anilines is 1. The van der Waals surface area contributed by atoms with E-state index >= 15 is 0 Å². The molecule has 1 aliphatic rings. The van der Waals surface area contributed by atoms with Crippen LogP contribution in [0.5, 0.6) is 0 Å². The number of H-pyrrole nitrogens is 1. The number of carbonyl (C=O) groups is 1. The van der Waals surface area contributed by atoms with Crippen LogP contribution in [0.1, 0.15) is 12.8 Å². The molecule has 0 atom stereocenters. The Morgan fingerprint density at radius 3 is 2.73 bits per heavy atom. The van der Waals surface area contributed by atoms with Crippen LogP contribution in [0.3, 0.4) is 0 Å². The summed E-state index contributed by atoms with van der Waals surface area (Å²) < 4.78 is 27.4. The van der Waals surface area contributed by atoms with E-state index in [1.54, 1.807) is 18.2 Å². The lowest BCUT2D eigenvalue weighted by atomic mass is 9.97. The maximum atomic E-state index is 14.0. The van der Waals surface area contributed by atoms with Crippen molar-refractivity contribution in [3.63, 3.8) is 0 Å². The number of hydrogen-bond donors (Lipinski definition) is 3. The second-order valence-corrected chi connectivity index (χ2v) is 6.46. The minimum Gasteiger partial charge on any atom is -0.338 e. The molecule has 3 aromatic rings. The fourth-order valence-electron chi connectivity index (χ4n) is 3.22. The third-order valence-corrected chi connectivity index (χ3v) is 4.64. The van der Waals surface area contributed by atoms with E-state index in [1.807, 2.05) is 0 Å². The van der Waals surface area contributed by atoms with E-state index in [0.717, 1.165) is 44.1 Å². The highest BCUT2D eigenvalue weighted by atomic mass is 19.1. The first kappa shape index (κ1) is 16.7. The Kier molecular flexibility index (Phi) is 4.38. The van der Waals surface area contributed by atoms with Crippen LogP contribution < -0.4 is 10.6 Å². The molecular formula is C19H18F2N4O. The van der Waals surface area contributed by atoms with Crippen molar-refractivity contribution < 1.29 is 13.6 Å². The summed E-state index contributed by atoms with van der Waals surface area (Å²) in [5.74, 6) is -0.826. The quantitative estimate of drug-likeness (QED) is 0.673. The maximum absolute atomic E-state index is 14.0. The predicted molar refractivity (Wildman–Crippen MR) is 95.7 cm³/mol. The number of fused-ring (bicyclic) bond motifs is 1. The Morgan fingerprint density at radius 2 is 1.92 bits per heavy atom. The average molecular weight is 356 g/mol. The van der Waals surface area contributed by atoms with Crippen molar-refractivity contribution in [3.8, 4) is 11.4 Å². The summed E-state index contributed by atoms with van der Waals surface area (Å²) in [5, 5.41) is 6.16. The second kappa shape index (κ2) is 6.84. The Morgan fingerprint density at radius 1 is 1.12 bits per heavy atom. The smallest absolute Gasteiger partial charge is 0.227 e. The summed E-state index contributed by atoms with van der Waals surface area (Å²) in [7, 11) is 0. The minimum atomic E-state index is -0.551. The number of piperidine rings is 1. The Labute approximate surface area is 148 Å². The van der Waals surface area contributed by atoms with Crippen molar-refractivity contribution in [1.29, 1.82) is 0 Å². The highest BCUT2D eigenvalue weighted by molar-refractivity contribution is 5.94. The predicted octanol–water partition coefficient (Wildman–Crippen LogP) is 3.45. The number of halogens is 2. The monoisotopic (exact) mass is 356 g/mol. The third kappa shape index (κ3) is 3.30. The number of amides is 1. The van der Waals surface area contributed by atoms with Crippen molar-refractivity contribution in [2.45, 2.75) is 12.8 Å². The van der Waals surface area contributed by atoms with E-state index in [-0.39, 0.29) is 23.2 Å². The van der Waals surface area contributed by atoms with Gasteiger partial charge in [-0.3, -0.25) is 4.79 Å². The van der Waals surface area contributed by atoms with Crippen molar-refractivity contribution in [1.82, 2.24) is 15.3 Å². The average Bonchev–Trinajstić information content (AvgIpc) is 3.07. The van der Waals surface area contributed by atoms with Gasteiger partial charge in [-0.1, -0.05) is 0 Å². The van der Waals surface area contributed by atoms with E-state index in [0.29, 0.717) is 16.7 Å². The number of aromatic amines is 1. The van der Waals surface area contributed by atoms with E-state index in [1.165, 1.54) is 0 Å². The summed E-state index contributed by atoms with van der Waals surface area (Å²) in [5.41, 5.74) is 1.98. The Bertz CT molecular complexity index is 963. The molecule has 0 unspecified atom stereocenters. The fraction of sp³-hybridized carbons (Fsp3) is 0.263. The summed E-state index contributed by atoms with van der Waals surface area (Å²) in [4.78, 5) is 19.7. The molecule has 0 radical (unpaired) electrons. The maximum Gasteiger partial charge on any atom is 0.227 e. The molecule has 134 valence electrons. The first-order valence-electron chi connectivity index (χ1n) is 8.57. The molecule has 0 bridgehead atoms. The lowest BCUT2D eigenvalue weighted by molar-refractivity contribution is -0.120. The number of carbonyl (C=O) groups excluding carboxylic acids is 1. The topological polar surface area (TPSA) is 69.8 Å². The van der Waals surface area contributed by atoms with Crippen LogP contribution in [-0.4, -0.2) is 29.0 Å². The number of aromatic nitrogens is 2. The number of nitrogens with one attached hydrogen (secondary N) is 3. The van der Waals surface area contributed by atoms with Gasteiger partial charge in [-0.2, -0.15) is 0 Å². The number of imidazole rings is 1. The summed E-state index contributed by atoms with van der Waals surface area (Å²) in [6.07, 6.45) is 1.64. The SMILES string of the molecule is O=C(Nc1ccc2nc(-c3cc(F)ccc3F)[nH]c2c1)C1CCNCC1. The van der Waals surface area contributed by atoms with E-state index in [4.69, 9.17) is 0 Å². The molecule has 1 fully saturated rings. The molecule has 0 spiro atoms. The fourth-order valence-corrected chi connectivity index (χ4v) is 3.22. The Balaban J connectivity index is 1.59. The van der Waals surface area contributed by atoms with E-state index < -0.39 is 11.6 Å². The van der Waals surface area contributed by atoms with Gasteiger partial charge >= 0.3 is 0 Å². The summed E-state index contributed by atoms with van der Waals surface area (Å²) >= 11 is 0. The molecule has 1 aromatic heterocycles. The molecule has 1 aliphatic heterocycles. The lowest BCUT2D eigenvalue weighted by Gasteiger charge is -2.21. The van der Waals surface area contributed by atoms with Gasteiger partial charge in [0.1, 0.15) is 17.5 Å². The highest BCUT2D eigenvalue weighted by Gasteiger charge is 2.21. The zero-order valence-corrected chi connectivity index (χ0v) is 14.0.